The molecule has 3 aromatic carbocycles. The quantitative estimate of drug-likeness (QED) is 0.104. The normalized spacial score (nSPS) is 13.0. The SMILES string of the molecule is COC(=O)C(CO)NC(=O)C(CO[Si](c1ccccc1)(c1ccccc1)C(C)(C)C)NC(=O)c1csc(-c2ccc(N)cc2)n1. The lowest BCUT2D eigenvalue weighted by Crippen LogP contribution is -2.68. The molecule has 1 heterocycles. The maximum atomic E-state index is 13.7. The third-order valence-electron chi connectivity index (χ3n) is 7.38. The zero-order valence-corrected chi connectivity index (χ0v) is 27.5. The molecule has 12 heteroatoms. The monoisotopic (exact) mass is 646 g/mol. The summed E-state index contributed by atoms with van der Waals surface area (Å²) in [5.74, 6) is -2.14. The van der Waals surface area contributed by atoms with Gasteiger partial charge in [-0.2, -0.15) is 0 Å². The number of aliphatic hydroxyl groups excluding tert-OH is 1. The molecule has 4 aromatic rings. The van der Waals surface area contributed by atoms with Gasteiger partial charge in [0.25, 0.3) is 14.2 Å². The molecule has 2 atom stereocenters. The molecule has 10 nitrogen and oxygen atoms in total. The van der Waals surface area contributed by atoms with Gasteiger partial charge in [-0.1, -0.05) is 81.4 Å². The van der Waals surface area contributed by atoms with Crippen molar-refractivity contribution >= 4 is 53.5 Å². The van der Waals surface area contributed by atoms with Gasteiger partial charge in [0, 0.05) is 16.6 Å². The molecule has 0 fully saturated rings. The molecule has 0 saturated heterocycles. The Kier molecular flexibility index (Phi) is 10.9. The second-order valence-corrected chi connectivity index (χ2v) is 16.6. The number of thiazole rings is 1. The molecule has 0 bridgehead atoms. The molecule has 0 aliphatic rings. The van der Waals surface area contributed by atoms with Crippen LogP contribution >= 0.6 is 11.3 Å². The first kappa shape index (κ1) is 33.5. The number of rotatable bonds is 12. The van der Waals surface area contributed by atoms with E-state index >= 15 is 0 Å². The van der Waals surface area contributed by atoms with E-state index in [0.29, 0.717) is 10.7 Å². The van der Waals surface area contributed by atoms with E-state index in [1.165, 1.54) is 11.3 Å². The summed E-state index contributed by atoms with van der Waals surface area (Å²) in [5, 5.41) is 18.8. The number of carbonyl (C=O) groups is 3. The number of esters is 1. The van der Waals surface area contributed by atoms with E-state index in [0.717, 1.165) is 23.0 Å². The number of carbonyl (C=O) groups excluding carboxylic acids is 3. The highest BCUT2D eigenvalue weighted by Gasteiger charge is 2.50. The smallest absolute Gasteiger partial charge is 0.330 e. The summed E-state index contributed by atoms with van der Waals surface area (Å²) in [6, 6.07) is 24.3. The summed E-state index contributed by atoms with van der Waals surface area (Å²) < 4.78 is 11.6. The lowest BCUT2D eigenvalue weighted by atomic mass is 10.2. The van der Waals surface area contributed by atoms with Gasteiger partial charge >= 0.3 is 5.97 Å². The fraction of sp³-hybridized carbons (Fsp3) is 0.273. The molecule has 2 amide bonds. The maximum absolute atomic E-state index is 13.7. The van der Waals surface area contributed by atoms with Gasteiger partial charge in [-0.25, -0.2) is 9.78 Å². The maximum Gasteiger partial charge on any atom is 0.330 e. The molecular weight excluding hydrogens is 609 g/mol. The number of anilines is 1. The average Bonchev–Trinajstić information content (AvgIpc) is 3.54. The van der Waals surface area contributed by atoms with Crippen LogP contribution in [0.3, 0.4) is 0 Å². The Morgan fingerprint density at radius 2 is 1.49 bits per heavy atom. The van der Waals surface area contributed by atoms with Gasteiger partial charge in [-0.15, -0.1) is 11.3 Å². The molecule has 5 N–H and O–H groups in total. The highest BCUT2D eigenvalue weighted by molar-refractivity contribution is 7.13. The van der Waals surface area contributed by atoms with Crippen molar-refractivity contribution in [1.29, 1.82) is 0 Å². The number of nitrogen functional groups attached to an aromatic ring is 1. The van der Waals surface area contributed by atoms with Crippen LogP contribution in [0.4, 0.5) is 5.69 Å². The van der Waals surface area contributed by atoms with E-state index in [9.17, 15) is 19.5 Å². The predicted octanol–water partition coefficient (Wildman–Crippen LogP) is 2.72. The minimum atomic E-state index is -3.11. The Labute approximate surface area is 267 Å². The number of methoxy groups -OCH3 is 1. The number of nitrogens with two attached hydrogens (primary N) is 1. The number of aromatic nitrogens is 1. The van der Waals surface area contributed by atoms with E-state index in [1.807, 2.05) is 72.8 Å². The number of hydrogen-bond acceptors (Lipinski definition) is 9. The average molecular weight is 647 g/mol. The lowest BCUT2D eigenvalue weighted by molar-refractivity contribution is -0.146. The van der Waals surface area contributed by atoms with Crippen LogP contribution in [-0.4, -0.2) is 68.6 Å². The molecular formula is C33H38N4O6SSi. The van der Waals surface area contributed by atoms with Crippen molar-refractivity contribution < 1.29 is 28.7 Å². The van der Waals surface area contributed by atoms with Crippen molar-refractivity contribution in [3.8, 4) is 10.6 Å². The van der Waals surface area contributed by atoms with Gasteiger partial charge in [0.1, 0.15) is 16.7 Å². The summed E-state index contributed by atoms with van der Waals surface area (Å²) in [6.45, 7) is 5.38. The Bertz CT molecular complexity index is 1550. The van der Waals surface area contributed by atoms with Gasteiger partial charge in [0.05, 0.1) is 20.3 Å². The number of amides is 2. The Hall–Kier alpha value is -4.36. The highest BCUT2D eigenvalue weighted by atomic mass is 32.1. The van der Waals surface area contributed by atoms with Crippen molar-refractivity contribution in [3.63, 3.8) is 0 Å². The van der Waals surface area contributed by atoms with Crippen LogP contribution < -0.4 is 26.7 Å². The summed E-state index contributed by atoms with van der Waals surface area (Å²) in [4.78, 5) is 43.8. The summed E-state index contributed by atoms with van der Waals surface area (Å²) in [5.41, 5.74) is 7.31. The molecule has 2 unspecified atom stereocenters. The van der Waals surface area contributed by atoms with Crippen LogP contribution in [0, 0.1) is 0 Å². The number of ether oxygens (including phenoxy) is 1. The van der Waals surface area contributed by atoms with Crippen LogP contribution in [-0.2, 0) is 18.8 Å². The Morgan fingerprint density at radius 1 is 0.911 bits per heavy atom. The van der Waals surface area contributed by atoms with Gasteiger partial charge in [-0.3, -0.25) is 9.59 Å². The fourth-order valence-corrected chi connectivity index (χ4v) is 10.5. The van der Waals surface area contributed by atoms with E-state index < -0.39 is 49.8 Å². The first-order valence-corrected chi connectivity index (χ1v) is 17.1. The minimum Gasteiger partial charge on any atom is -0.467 e. The van der Waals surface area contributed by atoms with E-state index in [-0.39, 0.29) is 12.3 Å². The van der Waals surface area contributed by atoms with Crippen LogP contribution in [0.25, 0.3) is 10.6 Å². The topological polar surface area (TPSA) is 153 Å². The number of benzene rings is 3. The Balaban J connectivity index is 1.69. The molecule has 0 aliphatic carbocycles. The minimum absolute atomic E-state index is 0.113. The number of nitrogens with one attached hydrogen (secondary N) is 2. The molecule has 0 aliphatic heterocycles. The van der Waals surface area contributed by atoms with Gasteiger partial charge in [-0.05, 0) is 39.7 Å². The zero-order valence-electron chi connectivity index (χ0n) is 25.7. The Morgan fingerprint density at radius 3 is 2.00 bits per heavy atom. The van der Waals surface area contributed by atoms with Crippen LogP contribution in [0.2, 0.25) is 5.04 Å². The number of nitrogens with zero attached hydrogens (tertiary/aromatic N) is 1. The standard InChI is InChI=1S/C33H38N4O6SSi/c1-33(2,3)45(24-11-7-5-8-12-24,25-13-9-6-10-14-25)43-20-27(29(39)35-26(19-38)32(41)42-4)36-30(40)28-21-44-31(37-28)22-15-17-23(34)18-16-22/h5-18,21,26-27,38H,19-20,34H2,1-4H3,(H,35,39)(H,36,40). The fourth-order valence-electron chi connectivity index (χ4n) is 5.11. The summed E-state index contributed by atoms with van der Waals surface area (Å²) in [7, 11) is -1.95. The van der Waals surface area contributed by atoms with Crippen LogP contribution in [0.15, 0.2) is 90.3 Å². The van der Waals surface area contributed by atoms with Gasteiger partial charge in [0.15, 0.2) is 6.04 Å². The zero-order chi connectivity index (χ0) is 32.6. The first-order valence-electron chi connectivity index (χ1n) is 14.4. The molecule has 0 saturated carbocycles. The third-order valence-corrected chi connectivity index (χ3v) is 13.3. The van der Waals surface area contributed by atoms with Crippen molar-refractivity contribution in [2.75, 3.05) is 26.1 Å². The molecule has 0 spiro atoms. The van der Waals surface area contributed by atoms with Crippen molar-refractivity contribution in [2.24, 2.45) is 0 Å². The second-order valence-electron chi connectivity index (χ2n) is 11.4. The summed E-state index contributed by atoms with van der Waals surface area (Å²) >= 11 is 1.28. The largest absolute Gasteiger partial charge is 0.467 e. The van der Waals surface area contributed by atoms with Gasteiger partial charge < -0.3 is 30.6 Å². The molecule has 1 aromatic heterocycles. The number of aliphatic hydroxyl groups is 1. The highest BCUT2D eigenvalue weighted by Crippen LogP contribution is 2.37. The first-order chi connectivity index (χ1) is 21.5. The molecule has 236 valence electrons. The lowest BCUT2D eigenvalue weighted by Gasteiger charge is -2.43. The number of hydrogen-bond donors (Lipinski definition) is 4. The van der Waals surface area contributed by atoms with E-state index in [1.54, 1.807) is 17.5 Å². The third kappa shape index (κ3) is 7.66. The van der Waals surface area contributed by atoms with Crippen LogP contribution in [0.1, 0.15) is 31.3 Å². The van der Waals surface area contributed by atoms with Crippen molar-refractivity contribution in [2.45, 2.75) is 37.9 Å². The van der Waals surface area contributed by atoms with Gasteiger partial charge in [0.2, 0.25) is 5.91 Å². The second kappa shape index (κ2) is 14.6. The van der Waals surface area contributed by atoms with E-state index in [2.05, 4.69) is 36.4 Å². The molecule has 4 rings (SSSR count). The van der Waals surface area contributed by atoms with Crippen molar-refractivity contribution in [1.82, 2.24) is 15.6 Å². The van der Waals surface area contributed by atoms with Crippen molar-refractivity contribution in [3.05, 3.63) is 96.0 Å². The predicted molar refractivity (Wildman–Crippen MR) is 178 cm³/mol. The summed E-state index contributed by atoms with van der Waals surface area (Å²) in [6.07, 6.45) is 0. The molecule has 0 radical (unpaired) electrons. The van der Waals surface area contributed by atoms with E-state index in [4.69, 9.17) is 14.9 Å². The van der Waals surface area contributed by atoms with Crippen LogP contribution in [0.5, 0.6) is 0 Å². The molecule has 45 heavy (non-hydrogen) atoms.